The molecule has 0 saturated carbocycles. The quantitative estimate of drug-likeness (QED) is 0.572. The maximum atomic E-state index is 7.11. The minimum absolute atomic E-state index is 0.271. The third kappa shape index (κ3) is 4.90. The third-order valence-electron chi connectivity index (χ3n) is 2.08. The van der Waals surface area contributed by atoms with Crippen LogP contribution in [0.3, 0.4) is 0 Å². The van der Waals surface area contributed by atoms with Crippen LogP contribution in [0.15, 0.2) is 5.38 Å². The van der Waals surface area contributed by atoms with Crippen LogP contribution in [0.2, 0.25) is 0 Å². The Morgan fingerprint density at radius 3 is 2.93 bits per heavy atom. The Hall–Kier alpha value is -0.940. The molecule has 1 heterocycles. The first kappa shape index (κ1) is 12.1. The molecule has 84 valence electrons. The predicted octanol–water partition coefficient (Wildman–Crippen LogP) is 1.60. The number of hydrogen-bond acceptors (Lipinski definition) is 4. The maximum absolute atomic E-state index is 7.11. The highest BCUT2D eigenvalue weighted by Gasteiger charge is 2.03. The van der Waals surface area contributed by atoms with Gasteiger partial charge in [-0.2, -0.15) is 0 Å². The van der Waals surface area contributed by atoms with Gasteiger partial charge in [0.15, 0.2) is 0 Å². The van der Waals surface area contributed by atoms with Gasteiger partial charge in [-0.05, 0) is 26.9 Å². The molecule has 0 amide bonds. The summed E-state index contributed by atoms with van der Waals surface area (Å²) in [4.78, 5) is 6.61. The summed E-state index contributed by atoms with van der Waals surface area (Å²) in [5.74, 6) is 0.271. The zero-order valence-electron chi connectivity index (χ0n) is 9.29. The van der Waals surface area contributed by atoms with Gasteiger partial charge in [-0.1, -0.05) is 0 Å². The fourth-order valence-electron chi connectivity index (χ4n) is 1.38. The lowest BCUT2D eigenvalue weighted by molar-refractivity contribution is 0.321. The molecule has 0 atom stereocenters. The van der Waals surface area contributed by atoms with Crippen LogP contribution in [0.1, 0.15) is 23.5 Å². The van der Waals surface area contributed by atoms with Crippen molar-refractivity contribution >= 4 is 17.2 Å². The van der Waals surface area contributed by atoms with Crippen molar-refractivity contribution in [3.63, 3.8) is 0 Å². The number of thiazole rings is 1. The van der Waals surface area contributed by atoms with Gasteiger partial charge in [0.25, 0.3) is 0 Å². The van der Waals surface area contributed by atoms with Crippen molar-refractivity contribution in [1.29, 1.82) is 5.41 Å². The molecule has 4 nitrogen and oxygen atoms in total. The topological polar surface area (TPSA) is 66.0 Å². The van der Waals surface area contributed by atoms with E-state index in [-0.39, 0.29) is 5.84 Å². The van der Waals surface area contributed by atoms with Crippen LogP contribution < -0.4 is 5.73 Å². The van der Waals surface area contributed by atoms with Gasteiger partial charge in [0, 0.05) is 18.3 Å². The van der Waals surface area contributed by atoms with Gasteiger partial charge in [0.2, 0.25) is 0 Å². The van der Waals surface area contributed by atoms with Crippen molar-refractivity contribution in [3.8, 4) is 0 Å². The first-order chi connectivity index (χ1) is 7.08. The Labute approximate surface area is 94.6 Å². The highest BCUT2D eigenvalue weighted by molar-refractivity contribution is 7.09. The summed E-state index contributed by atoms with van der Waals surface area (Å²) in [5, 5.41) is 10.3. The molecule has 0 saturated heterocycles. The zero-order chi connectivity index (χ0) is 11.3. The van der Waals surface area contributed by atoms with E-state index in [1.54, 1.807) is 11.3 Å². The van der Waals surface area contributed by atoms with Gasteiger partial charge in [-0.3, -0.25) is 5.41 Å². The number of nitrogens with zero attached hydrogens (tertiary/aromatic N) is 2. The Balaban J connectivity index is 2.24. The van der Waals surface area contributed by atoms with E-state index in [0.29, 0.717) is 6.42 Å². The van der Waals surface area contributed by atoms with Gasteiger partial charge in [-0.15, -0.1) is 11.3 Å². The van der Waals surface area contributed by atoms with E-state index in [0.717, 1.165) is 30.2 Å². The number of nitrogens with one attached hydrogen (secondary N) is 1. The summed E-state index contributed by atoms with van der Waals surface area (Å²) >= 11 is 1.68. The first-order valence-corrected chi connectivity index (χ1v) is 5.88. The molecule has 0 aliphatic rings. The van der Waals surface area contributed by atoms with Gasteiger partial charge >= 0.3 is 0 Å². The number of aromatic nitrogens is 1. The SMILES string of the molecule is Cc1nc(CN(C)CCCC(=N)N)cs1. The second kappa shape index (κ2) is 5.82. The van der Waals surface area contributed by atoms with Crippen molar-refractivity contribution < 1.29 is 0 Å². The van der Waals surface area contributed by atoms with Crippen LogP contribution in [0.4, 0.5) is 0 Å². The molecule has 0 aromatic carbocycles. The molecular weight excluding hydrogens is 208 g/mol. The molecule has 0 bridgehead atoms. The molecule has 1 rings (SSSR count). The highest BCUT2D eigenvalue weighted by Crippen LogP contribution is 2.09. The van der Waals surface area contributed by atoms with Crippen molar-refractivity contribution in [2.24, 2.45) is 5.73 Å². The Bertz CT molecular complexity index is 321. The number of nitrogens with two attached hydrogens (primary N) is 1. The lowest BCUT2D eigenvalue weighted by Gasteiger charge is -2.14. The fraction of sp³-hybridized carbons (Fsp3) is 0.600. The molecule has 0 fully saturated rings. The standard InChI is InChI=1S/C10H18N4S/c1-8-13-9(7-15-8)6-14(2)5-3-4-10(11)12/h7H,3-6H2,1-2H3,(H3,11,12). The van der Waals surface area contributed by atoms with Crippen molar-refractivity contribution in [1.82, 2.24) is 9.88 Å². The number of aryl methyl sites for hydroxylation is 1. The normalized spacial score (nSPS) is 10.9. The summed E-state index contributed by atoms with van der Waals surface area (Å²) in [6.45, 7) is 3.85. The summed E-state index contributed by atoms with van der Waals surface area (Å²) in [5.41, 5.74) is 6.42. The van der Waals surface area contributed by atoms with Gasteiger partial charge in [-0.25, -0.2) is 4.98 Å². The summed E-state index contributed by atoms with van der Waals surface area (Å²) < 4.78 is 0. The molecule has 0 unspecified atom stereocenters. The maximum Gasteiger partial charge on any atom is 0.0905 e. The van der Waals surface area contributed by atoms with E-state index >= 15 is 0 Å². The molecule has 0 aliphatic heterocycles. The Morgan fingerprint density at radius 2 is 2.40 bits per heavy atom. The van der Waals surface area contributed by atoms with E-state index < -0.39 is 0 Å². The molecule has 1 aromatic heterocycles. The zero-order valence-corrected chi connectivity index (χ0v) is 10.1. The van der Waals surface area contributed by atoms with Crippen LogP contribution in [0, 0.1) is 12.3 Å². The van der Waals surface area contributed by atoms with Crippen LogP contribution >= 0.6 is 11.3 Å². The van der Waals surface area contributed by atoms with Crippen molar-refractivity contribution in [3.05, 3.63) is 16.1 Å². The average molecular weight is 226 g/mol. The molecule has 0 aliphatic carbocycles. The Kier molecular flexibility index (Phi) is 4.71. The highest BCUT2D eigenvalue weighted by atomic mass is 32.1. The molecule has 0 radical (unpaired) electrons. The predicted molar refractivity (Wildman–Crippen MR) is 64.3 cm³/mol. The molecule has 1 aromatic rings. The minimum Gasteiger partial charge on any atom is -0.388 e. The van der Waals surface area contributed by atoms with Crippen LogP contribution in [-0.2, 0) is 6.54 Å². The van der Waals surface area contributed by atoms with E-state index in [4.69, 9.17) is 11.1 Å². The number of hydrogen-bond donors (Lipinski definition) is 2. The second-order valence-electron chi connectivity index (χ2n) is 3.72. The van der Waals surface area contributed by atoms with E-state index in [1.165, 1.54) is 0 Å². The monoisotopic (exact) mass is 226 g/mol. The summed E-state index contributed by atoms with van der Waals surface area (Å²) in [6, 6.07) is 0. The van der Waals surface area contributed by atoms with E-state index in [9.17, 15) is 0 Å². The lowest BCUT2D eigenvalue weighted by Crippen LogP contribution is -2.21. The molecular formula is C10H18N4S. The molecule has 0 spiro atoms. The first-order valence-electron chi connectivity index (χ1n) is 5.00. The minimum atomic E-state index is 0.271. The van der Waals surface area contributed by atoms with Gasteiger partial charge < -0.3 is 10.6 Å². The van der Waals surface area contributed by atoms with Crippen LogP contribution in [0.25, 0.3) is 0 Å². The number of rotatable bonds is 6. The lowest BCUT2D eigenvalue weighted by atomic mass is 10.3. The number of amidine groups is 1. The van der Waals surface area contributed by atoms with E-state index in [2.05, 4.69) is 22.3 Å². The van der Waals surface area contributed by atoms with Crippen LogP contribution in [-0.4, -0.2) is 29.3 Å². The smallest absolute Gasteiger partial charge is 0.0905 e. The summed E-state index contributed by atoms with van der Waals surface area (Å²) in [6.07, 6.45) is 1.62. The second-order valence-corrected chi connectivity index (χ2v) is 4.79. The van der Waals surface area contributed by atoms with Crippen molar-refractivity contribution in [2.45, 2.75) is 26.3 Å². The average Bonchev–Trinajstić information content (AvgIpc) is 2.50. The largest absolute Gasteiger partial charge is 0.388 e. The van der Waals surface area contributed by atoms with Crippen molar-refractivity contribution in [2.75, 3.05) is 13.6 Å². The third-order valence-corrected chi connectivity index (χ3v) is 2.91. The van der Waals surface area contributed by atoms with Gasteiger partial charge in [0.05, 0.1) is 16.5 Å². The fourth-order valence-corrected chi connectivity index (χ4v) is 1.98. The molecule has 5 heteroatoms. The van der Waals surface area contributed by atoms with Gasteiger partial charge in [0.1, 0.15) is 0 Å². The Morgan fingerprint density at radius 1 is 1.67 bits per heavy atom. The van der Waals surface area contributed by atoms with Crippen LogP contribution in [0.5, 0.6) is 0 Å². The molecule has 15 heavy (non-hydrogen) atoms. The summed E-state index contributed by atoms with van der Waals surface area (Å²) in [7, 11) is 2.06. The molecule has 3 N–H and O–H groups in total. The van der Waals surface area contributed by atoms with E-state index in [1.807, 2.05) is 6.92 Å².